The first-order chi connectivity index (χ1) is 10.8. The van der Waals surface area contributed by atoms with Gasteiger partial charge in [-0.15, -0.1) is 0 Å². The van der Waals surface area contributed by atoms with Gasteiger partial charge in [0.05, 0.1) is 6.20 Å². The zero-order valence-corrected chi connectivity index (χ0v) is 15.1. The van der Waals surface area contributed by atoms with Crippen LogP contribution in [0, 0.1) is 0 Å². The van der Waals surface area contributed by atoms with E-state index in [0.29, 0.717) is 19.1 Å². The molecule has 0 spiro atoms. The van der Waals surface area contributed by atoms with E-state index in [4.69, 9.17) is 4.74 Å². The zero-order valence-electron chi connectivity index (χ0n) is 15.1. The lowest BCUT2D eigenvalue weighted by molar-refractivity contribution is 0.0260. The van der Waals surface area contributed by atoms with Crippen LogP contribution in [0.3, 0.4) is 0 Å². The molecule has 0 saturated heterocycles. The normalized spacial score (nSPS) is 17.7. The highest BCUT2D eigenvalue weighted by molar-refractivity contribution is 5.68. The molecule has 1 N–H and O–H groups in total. The molecule has 0 radical (unpaired) electrons. The number of aryl methyl sites for hydroxylation is 1. The van der Waals surface area contributed by atoms with Crippen molar-refractivity contribution in [2.45, 2.75) is 58.6 Å². The van der Waals surface area contributed by atoms with Crippen LogP contribution in [0.2, 0.25) is 0 Å². The number of nitrogens with zero attached hydrogens (tertiary/aromatic N) is 3. The average molecular weight is 322 g/mol. The van der Waals surface area contributed by atoms with Crippen LogP contribution in [0.1, 0.15) is 57.8 Å². The second-order valence-corrected chi connectivity index (χ2v) is 7.13. The van der Waals surface area contributed by atoms with Crippen molar-refractivity contribution in [1.29, 1.82) is 0 Å². The smallest absolute Gasteiger partial charge is 0.410 e. The molecule has 1 aromatic heterocycles. The largest absolute Gasteiger partial charge is 0.444 e. The number of nitrogens with one attached hydrogen (secondary N) is 1. The molecule has 6 nitrogen and oxygen atoms in total. The molecule has 1 unspecified atom stereocenters. The van der Waals surface area contributed by atoms with E-state index in [2.05, 4.69) is 10.4 Å². The number of ether oxygens (including phenoxy) is 1. The highest BCUT2D eigenvalue weighted by Gasteiger charge is 2.24. The van der Waals surface area contributed by atoms with Crippen molar-refractivity contribution < 1.29 is 9.53 Å². The van der Waals surface area contributed by atoms with Crippen molar-refractivity contribution in [3.05, 3.63) is 17.5 Å². The lowest BCUT2D eigenvalue weighted by Gasteiger charge is -2.28. The minimum atomic E-state index is -0.452. The van der Waals surface area contributed by atoms with Crippen LogP contribution in [0.4, 0.5) is 4.79 Å². The first kappa shape index (κ1) is 17.8. The van der Waals surface area contributed by atoms with E-state index in [0.717, 1.165) is 19.4 Å². The number of carbonyl (C=O) groups is 1. The Bertz CT molecular complexity index is 533. The van der Waals surface area contributed by atoms with Crippen LogP contribution in [0.5, 0.6) is 0 Å². The molecule has 1 aromatic rings. The fourth-order valence-corrected chi connectivity index (χ4v) is 3.00. The van der Waals surface area contributed by atoms with Crippen LogP contribution in [-0.4, -0.2) is 46.0 Å². The molecule has 0 fully saturated rings. The second-order valence-electron chi connectivity index (χ2n) is 7.13. The molecule has 1 aliphatic rings. The Kier molecular flexibility index (Phi) is 5.68. The predicted octanol–water partition coefficient (Wildman–Crippen LogP) is 2.64. The van der Waals surface area contributed by atoms with E-state index in [1.165, 1.54) is 17.7 Å². The van der Waals surface area contributed by atoms with Gasteiger partial charge in [0.15, 0.2) is 0 Å². The highest BCUT2D eigenvalue weighted by Crippen LogP contribution is 2.28. The van der Waals surface area contributed by atoms with Gasteiger partial charge in [-0.3, -0.25) is 4.68 Å². The Balaban J connectivity index is 1.85. The van der Waals surface area contributed by atoms with Gasteiger partial charge in [-0.05, 0) is 47.0 Å². The van der Waals surface area contributed by atoms with Gasteiger partial charge in [0.2, 0.25) is 0 Å². The fourth-order valence-electron chi connectivity index (χ4n) is 3.00. The van der Waals surface area contributed by atoms with Crippen molar-refractivity contribution in [1.82, 2.24) is 20.0 Å². The van der Waals surface area contributed by atoms with Gasteiger partial charge in [0.25, 0.3) is 0 Å². The maximum absolute atomic E-state index is 12.1. The van der Waals surface area contributed by atoms with Crippen molar-refractivity contribution in [3.63, 3.8) is 0 Å². The van der Waals surface area contributed by atoms with Gasteiger partial charge in [-0.25, -0.2) is 4.79 Å². The van der Waals surface area contributed by atoms with Gasteiger partial charge in [-0.1, -0.05) is 0 Å². The summed E-state index contributed by atoms with van der Waals surface area (Å²) < 4.78 is 7.41. The Morgan fingerprint density at radius 2 is 2.26 bits per heavy atom. The molecule has 0 aromatic carbocycles. The van der Waals surface area contributed by atoms with Gasteiger partial charge in [0, 0.05) is 44.0 Å². The minimum absolute atomic E-state index is 0.243. The summed E-state index contributed by atoms with van der Waals surface area (Å²) in [5.41, 5.74) is 2.18. The number of fused-ring (bicyclic) bond motifs is 1. The summed E-state index contributed by atoms with van der Waals surface area (Å²) in [5.74, 6) is 0. The molecule has 2 rings (SSSR count). The summed E-state index contributed by atoms with van der Waals surface area (Å²) in [5, 5.41) is 7.94. The quantitative estimate of drug-likeness (QED) is 0.905. The van der Waals surface area contributed by atoms with E-state index in [1.807, 2.05) is 45.6 Å². The van der Waals surface area contributed by atoms with Crippen molar-refractivity contribution in [2.24, 2.45) is 7.05 Å². The number of carbonyl (C=O) groups excluding carboxylic acids is 1. The summed E-state index contributed by atoms with van der Waals surface area (Å²) in [6, 6.07) is 0.338. The third kappa shape index (κ3) is 4.70. The van der Waals surface area contributed by atoms with E-state index in [1.54, 1.807) is 4.90 Å². The summed E-state index contributed by atoms with van der Waals surface area (Å²) in [6.07, 6.45) is 5.12. The molecular weight excluding hydrogens is 292 g/mol. The summed E-state index contributed by atoms with van der Waals surface area (Å²) in [7, 11) is 2.00. The Hall–Kier alpha value is -1.56. The summed E-state index contributed by atoms with van der Waals surface area (Å²) in [4.78, 5) is 13.9. The molecule has 1 amide bonds. The first-order valence-electron chi connectivity index (χ1n) is 8.54. The number of likely N-dealkylation sites (N-methyl/N-ethyl adjacent to an activating group) is 1. The SMILES string of the molecule is CCN(CCNC1CCCc2c1cnn2C)C(=O)OC(C)(C)C. The van der Waals surface area contributed by atoms with Crippen molar-refractivity contribution in [2.75, 3.05) is 19.6 Å². The number of aromatic nitrogens is 2. The third-order valence-electron chi connectivity index (χ3n) is 4.18. The zero-order chi connectivity index (χ0) is 17.0. The molecule has 130 valence electrons. The van der Waals surface area contributed by atoms with E-state index < -0.39 is 5.60 Å². The molecule has 23 heavy (non-hydrogen) atoms. The maximum atomic E-state index is 12.1. The lowest BCUT2D eigenvalue weighted by atomic mass is 9.93. The lowest BCUT2D eigenvalue weighted by Crippen LogP contribution is -2.41. The second kappa shape index (κ2) is 7.34. The van der Waals surface area contributed by atoms with Crippen LogP contribution in [0.25, 0.3) is 0 Å². The average Bonchev–Trinajstić information content (AvgIpc) is 2.84. The van der Waals surface area contributed by atoms with Crippen LogP contribution in [-0.2, 0) is 18.2 Å². The molecular formula is C17H30N4O2. The van der Waals surface area contributed by atoms with Gasteiger partial charge in [-0.2, -0.15) is 5.10 Å². The van der Waals surface area contributed by atoms with Gasteiger partial charge >= 0.3 is 6.09 Å². The standard InChI is InChI=1S/C17H30N4O2/c1-6-21(16(22)23-17(2,3)4)11-10-18-14-8-7-9-15-13(14)12-19-20(15)5/h12,14,18H,6-11H2,1-5H3. The Morgan fingerprint density at radius 1 is 1.52 bits per heavy atom. The van der Waals surface area contributed by atoms with Crippen LogP contribution < -0.4 is 5.32 Å². The highest BCUT2D eigenvalue weighted by atomic mass is 16.6. The van der Waals surface area contributed by atoms with Crippen molar-refractivity contribution in [3.8, 4) is 0 Å². The van der Waals surface area contributed by atoms with Crippen LogP contribution >= 0.6 is 0 Å². The van der Waals surface area contributed by atoms with E-state index in [-0.39, 0.29) is 6.09 Å². The summed E-state index contributed by atoms with van der Waals surface area (Å²) >= 11 is 0. The minimum Gasteiger partial charge on any atom is -0.444 e. The monoisotopic (exact) mass is 322 g/mol. The Labute approximate surface area is 139 Å². The number of hydrogen-bond acceptors (Lipinski definition) is 4. The van der Waals surface area contributed by atoms with Crippen molar-refractivity contribution >= 4 is 6.09 Å². The third-order valence-corrected chi connectivity index (χ3v) is 4.18. The maximum Gasteiger partial charge on any atom is 0.410 e. The van der Waals surface area contributed by atoms with Gasteiger partial charge < -0.3 is 15.0 Å². The number of hydrogen-bond donors (Lipinski definition) is 1. The molecule has 0 bridgehead atoms. The van der Waals surface area contributed by atoms with Gasteiger partial charge in [0.1, 0.15) is 5.60 Å². The predicted molar refractivity (Wildman–Crippen MR) is 90.4 cm³/mol. The molecule has 0 saturated carbocycles. The van der Waals surface area contributed by atoms with E-state index >= 15 is 0 Å². The molecule has 1 aliphatic carbocycles. The topological polar surface area (TPSA) is 59.4 Å². The fraction of sp³-hybridized carbons (Fsp3) is 0.765. The summed E-state index contributed by atoms with van der Waals surface area (Å²) in [6.45, 7) is 9.71. The molecule has 0 aliphatic heterocycles. The molecule has 6 heteroatoms. The molecule has 1 heterocycles. The number of rotatable bonds is 5. The molecule has 1 atom stereocenters. The number of amides is 1. The van der Waals surface area contributed by atoms with E-state index in [9.17, 15) is 4.79 Å². The first-order valence-corrected chi connectivity index (χ1v) is 8.54. The Morgan fingerprint density at radius 3 is 2.91 bits per heavy atom. The van der Waals surface area contributed by atoms with Crippen LogP contribution in [0.15, 0.2) is 6.20 Å².